The summed E-state index contributed by atoms with van der Waals surface area (Å²) in [6, 6.07) is 14.8. The molecule has 1 aromatic heterocycles. The molecule has 5 N–H and O–H groups in total. The summed E-state index contributed by atoms with van der Waals surface area (Å²) in [5.41, 5.74) is 6.17. The number of fused-ring (bicyclic) bond motifs is 6. The zero-order valence-electron chi connectivity index (χ0n) is 32.4. The summed E-state index contributed by atoms with van der Waals surface area (Å²) < 4.78 is 10.6. The molecule has 4 aliphatic carbocycles. The molecule has 0 bridgehead atoms. The minimum absolute atomic E-state index is 0.0259. The first-order chi connectivity index (χ1) is 27.3. The lowest BCUT2D eigenvalue weighted by atomic mass is 9.46. The highest BCUT2D eigenvalue weighted by Gasteiger charge is 2.68. The predicted molar refractivity (Wildman–Crippen MR) is 211 cm³/mol. The first-order valence-corrected chi connectivity index (χ1v) is 19.9. The number of hydrogen-bond donors (Lipinski definition) is 4. The average Bonchev–Trinajstić information content (AvgIpc) is 3.47. The van der Waals surface area contributed by atoms with Crippen LogP contribution in [0, 0.1) is 28.6 Å². The van der Waals surface area contributed by atoms with Crippen LogP contribution in [0.2, 0.25) is 0 Å². The molecule has 4 aliphatic rings. The highest BCUT2D eigenvalue weighted by Crippen LogP contribution is 2.67. The number of benzene rings is 2. The fraction of sp³-hybridized carbons (Fsp3) is 0.467. The van der Waals surface area contributed by atoms with E-state index in [9.17, 15) is 34.2 Å². The fourth-order valence-electron chi connectivity index (χ4n) is 10.4. The smallest absolute Gasteiger partial charge is 0.306 e. The van der Waals surface area contributed by atoms with E-state index >= 15 is 0 Å². The molecule has 12 nitrogen and oxygen atoms in total. The number of rotatable bonds is 13. The molecule has 3 fully saturated rings. The minimum Gasteiger partial charge on any atom is -0.465 e. The number of aliphatic hydroxyl groups excluding tert-OH is 1. The molecule has 57 heavy (non-hydrogen) atoms. The van der Waals surface area contributed by atoms with E-state index in [1.165, 1.54) is 0 Å². The predicted octanol–water partition coefficient (Wildman–Crippen LogP) is 4.90. The minimum atomic E-state index is -1.77. The van der Waals surface area contributed by atoms with Crippen LogP contribution in [0.5, 0.6) is 0 Å². The van der Waals surface area contributed by atoms with Crippen LogP contribution in [0.4, 0.5) is 5.69 Å². The summed E-state index contributed by atoms with van der Waals surface area (Å²) in [6.07, 6.45) is 10.2. The second kappa shape index (κ2) is 16.1. The number of ketones is 2. The number of nitrogens with one attached hydrogen (secondary N) is 1. The Morgan fingerprint density at radius 2 is 1.75 bits per heavy atom. The van der Waals surface area contributed by atoms with Crippen LogP contribution >= 0.6 is 0 Å². The third kappa shape index (κ3) is 7.70. The summed E-state index contributed by atoms with van der Waals surface area (Å²) in [5.74, 6) is -2.89. The lowest BCUT2D eigenvalue weighted by Crippen LogP contribution is -2.61. The molecule has 0 saturated heterocycles. The van der Waals surface area contributed by atoms with Crippen LogP contribution in [-0.4, -0.2) is 76.1 Å². The van der Waals surface area contributed by atoms with Gasteiger partial charge in [-0.3, -0.25) is 29.0 Å². The van der Waals surface area contributed by atoms with Crippen molar-refractivity contribution in [3.8, 4) is 0 Å². The number of allylic oxidation sites excluding steroid dienone is 4. The number of ether oxygens (including phenoxy) is 2. The Morgan fingerprint density at radius 1 is 1.00 bits per heavy atom. The standard InChI is InChI=1S/C45H51N3O9/c1-43-17-13-33(49)22-31(43)8-10-34-36-14-18-45(55,44(36,2)23-37(50)41(34)43)38(51)26-57-40(53)12-11-39(52)56-20-16-27-3-5-28(6-4-27)35(24-46)42(54)48-32-9-7-30-25-47-19-15-29(30)21-32/h3-7,9,13,15,17,19,21-22,25,34-37,41,50,55H,8,10-12,14,16,18,20,23-24,26,46H2,1-2H3,(H,48,54)/t34-,35?,36-,37-,41+,43-,44-,45-/m0/s1. The Labute approximate surface area is 331 Å². The van der Waals surface area contributed by atoms with Crippen molar-refractivity contribution in [3.63, 3.8) is 0 Å². The second-order valence-corrected chi connectivity index (χ2v) is 16.6. The monoisotopic (exact) mass is 777 g/mol. The van der Waals surface area contributed by atoms with E-state index in [0.29, 0.717) is 18.5 Å². The number of nitrogens with two attached hydrogens (primary N) is 1. The summed E-state index contributed by atoms with van der Waals surface area (Å²) in [4.78, 5) is 67.9. The second-order valence-electron chi connectivity index (χ2n) is 16.6. The molecule has 7 rings (SSSR count). The quantitative estimate of drug-likeness (QED) is 0.172. The number of pyridine rings is 1. The summed E-state index contributed by atoms with van der Waals surface area (Å²) >= 11 is 0. The van der Waals surface area contributed by atoms with E-state index in [-0.39, 0.29) is 68.3 Å². The number of amides is 1. The normalized spacial score (nSPS) is 29.4. The molecular formula is C45H51N3O9. The lowest BCUT2D eigenvalue weighted by molar-refractivity contribution is -0.181. The molecule has 8 atom stereocenters. The fourth-order valence-corrected chi connectivity index (χ4v) is 10.4. The molecule has 3 saturated carbocycles. The van der Waals surface area contributed by atoms with Crippen LogP contribution in [0.1, 0.15) is 75.8 Å². The van der Waals surface area contributed by atoms with Crippen molar-refractivity contribution in [1.29, 1.82) is 0 Å². The lowest BCUT2D eigenvalue weighted by Gasteiger charge is -2.59. The number of esters is 2. The van der Waals surface area contributed by atoms with Crippen molar-refractivity contribution in [2.45, 2.75) is 82.8 Å². The van der Waals surface area contributed by atoms with Gasteiger partial charge in [-0.25, -0.2) is 0 Å². The van der Waals surface area contributed by atoms with E-state index in [1.807, 2.05) is 61.5 Å². The zero-order chi connectivity index (χ0) is 40.5. The first-order valence-electron chi connectivity index (χ1n) is 19.9. The number of anilines is 1. The largest absolute Gasteiger partial charge is 0.465 e. The van der Waals surface area contributed by atoms with Crippen LogP contribution in [0.25, 0.3) is 10.8 Å². The third-order valence-electron chi connectivity index (χ3n) is 13.5. The van der Waals surface area contributed by atoms with Crippen molar-refractivity contribution >= 4 is 45.9 Å². The van der Waals surface area contributed by atoms with Crippen molar-refractivity contribution in [3.05, 3.63) is 95.9 Å². The van der Waals surface area contributed by atoms with Crippen LogP contribution in [0.3, 0.4) is 0 Å². The maximum absolute atomic E-state index is 13.6. The highest BCUT2D eigenvalue weighted by atomic mass is 16.5. The number of carbonyl (C=O) groups excluding carboxylic acids is 5. The molecule has 1 unspecified atom stereocenters. The average molecular weight is 778 g/mol. The van der Waals surface area contributed by atoms with Gasteiger partial charge in [0.2, 0.25) is 11.7 Å². The van der Waals surface area contributed by atoms with Gasteiger partial charge in [0.1, 0.15) is 5.60 Å². The number of nitrogens with zero attached hydrogens (tertiary/aromatic N) is 1. The molecule has 300 valence electrons. The number of aliphatic hydroxyl groups is 2. The van der Waals surface area contributed by atoms with Gasteiger partial charge in [0.05, 0.1) is 31.5 Å². The van der Waals surface area contributed by atoms with E-state index in [1.54, 1.807) is 24.5 Å². The molecule has 0 aliphatic heterocycles. The van der Waals surface area contributed by atoms with Crippen molar-refractivity contribution in [2.75, 3.05) is 25.1 Å². The van der Waals surface area contributed by atoms with Crippen molar-refractivity contribution in [1.82, 2.24) is 4.98 Å². The zero-order valence-corrected chi connectivity index (χ0v) is 32.4. The summed E-state index contributed by atoms with van der Waals surface area (Å²) in [6.45, 7) is 3.50. The van der Waals surface area contributed by atoms with Gasteiger partial charge in [-0.15, -0.1) is 0 Å². The van der Waals surface area contributed by atoms with E-state index in [4.69, 9.17) is 15.2 Å². The molecule has 2 aromatic carbocycles. The number of aromatic nitrogens is 1. The molecule has 3 aromatic rings. The molecule has 1 amide bonds. The van der Waals surface area contributed by atoms with Gasteiger partial charge in [0.15, 0.2) is 12.4 Å². The van der Waals surface area contributed by atoms with Crippen LogP contribution in [-0.2, 0) is 39.9 Å². The van der Waals surface area contributed by atoms with Gasteiger partial charge in [-0.2, -0.15) is 0 Å². The molecular weight excluding hydrogens is 727 g/mol. The van der Waals surface area contributed by atoms with Crippen molar-refractivity contribution in [2.24, 2.45) is 34.3 Å². The third-order valence-corrected chi connectivity index (χ3v) is 13.5. The molecule has 0 spiro atoms. The van der Waals surface area contributed by atoms with Crippen LogP contribution < -0.4 is 11.1 Å². The summed E-state index contributed by atoms with van der Waals surface area (Å²) in [5, 5.41) is 28.4. The maximum atomic E-state index is 13.6. The van der Waals surface area contributed by atoms with Gasteiger partial charge in [0, 0.05) is 53.2 Å². The molecule has 12 heteroatoms. The van der Waals surface area contributed by atoms with Gasteiger partial charge >= 0.3 is 11.9 Å². The Bertz CT molecular complexity index is 2130. The van der Waals surface area contributed by atoms with Crippen LogP contribution in [0.15, 0.2) is 84.7 Å². The van der Waals surface area contributed by atoms with Crippen molar-refractivity contribution < 1.29 is 43.7 Å². The maximum Gasteiger partial charge on any atom is 0.306 e. The Balaban J connectivity index is 0.842. The van der Waals surface area contributed by atoms with E-state index in [0.717, 1.165) is 40.3 Å². The van der Waals surface area contributed by atoms with Gasteiger partial charge in [-0.1, -0.05) is 55.8 Å². The topological polar surface area (TPSA) is 195 Å². The number of hydrogen-bond acceptors (Lipinski definition) is 11. The van der Waals surface area contributed by atoms with Gasteiger partial charge < -0.3 is 30.7 Å². The van der Waals surface area contributed by atoms with E-state index < -0.39 is 52.8 Å². The van der Waals surface area contributed by atoms with Gasteiger partial charge in [0.25, 0.3) is 0 Å². The summed E-state index contributed by atoms with van der Waals surface area (Å²) in [7, 11) is 0. The van der Waals surface area contributed by atoms with E-state index in [2.05, 4.69) is 17.2 Å². The Morgan fingerprint density at radius 3 is 2.51 bits per heavy atom. The highest BCUT2D eigenvalue weighted by molar-refractivity contribution is 6.01. The SMILES string of the molecule is C[C@]12C=CC(=O)C=C1CC[C@@H]1[C@@H]2[C@@H](O)C[C@@]2(C)[C@H]1CC[C@]2(O)C(=O)COC(=O)CCC(=O)OCCc1ccc(C(CN)C(=O)Nc2ccc3cnccc3c2)cc1. The van der Waals surface area contributed by atoms with Gasteiger partial charge in [-0.05, 0) is 90.8 Å². The molecule has 1 heterocycles. The number of carbonyl (C=O) groups is 5. The first kappa shape index (κ1) is 40.2. The Hall–Kier alpha value is -5.04. The number of Topliss-reactive ketones (excluding diaryl/α,β-unsaturated/α-hetero) is 1. The molecule has 0 radical (unpaired) electrons. The Kier molecular flexibility index (Phi) is 11.3.